The van der Waals surface area contributed by atoms with Crippen molar-refractivity contribution in [3.63, 3.8) is 0 Å². The molecule has 0 aliphatic carbocycles. The van der Waals surface area contributed by atoms with E-state index in [1.165, 1.54) is 18.2 Å². The fourth-order valence-electron chi connectivity index (χ4n) is 0.820. The van der Waals surface area contributed by atoms with E-state index in [1.807, 2.05) is 0 Å². The third-order valence-electron chi connectivity index (χ3n) is 1.41. The molecule has 0 aromatic rings. The molecule has 6 nitrogen and oxygen atoms in total. The van der Waals surface area contributed by atoms with Gasteiger partial charge in [-0.15, -0.1) is 0 Å². The number of hydrogen-bond acceptors (Lipinski definition) is 6. The van der Waals surface area contributed by atoms with Crippen LogP contribution in [0.4, 0.5) is 0 Å². The molecule has 17 heavy (non-hydrogen) atoms. The highest BCUT2D eigenvalue weighted by atomic mass is 16.7. The molecule has 0 bridgehead atoms. The van der Waals surface area contributed by atoms with Gasteiger partial charge in [-0.2, -0.15) is 4.99 Å². The van der Waals surface area contributed by atoms with Crippen LogP contribution in [0.1, 0.15) is 13.8 Å². The summed E-state index contributed by atoms with van der Waals surface area (Å²) >= 11 is 0. The molecule has 0 spiro atoms. The number of carbonyl (C=O) groups excluding carboxylic acids is 3. The first kappa shape index (κ1) is 14.8. The lowest BCUT2D eigenvalue weighted by Crippen LogP contribution is -2.26. The molecule has 0 aliphatic rings. The Morgan fingerprint density at radius 1 is 1.18 bits per heavy atom. The number of isocyanates is 1. The molecule has 92 valence electrons. The first-order valence-corrected chi connectivity index (χ1v) is 4.84. The van der Waals surface area contributed by atoms with Gasteiger partial charge in [0.2, 0.25) is 6.08 Å². The van der Waals surface area contributed by atoms with Gasteiger partial charge in [-0.25, -0.2) is 14.4 Å². The van der Waals surface area contributed by atoms with Crippen molar-refractivity contribution in [1.82, 2.24) is 0 Å². The number of esters is 2. The normalized spacial score (nSPS) is 12.1. The van der Waals surface area contributed by atoms with E-state index in [0.717, 1.165) is 12.2 Å². The summed E-state index contributed by atoms with van der Waals surface area (Å²) in [6.07, 6.45) is 5.28. The van der Waals surface area contributed by atoms with Crippen molar-refractivity contribution < 1.29 is 23.9 Å². The highest BCUT2D eigenvalue weighted by Gasteiger charge is 2.16. The Morgan fingerprint density at radius 2 is 1.65 bits per heavy atom. The second-order valence-electron chi connectivity index (χ2n) is 2.74. The van der Waals surface area contributed by atoms with Crippen LogP contribution in [0.5, 0.6) is 0 Å². The number of aliphatic imine (C=N–C) groups is 1. The number of allylic oxidation sites excluding steroid dienone is 2. The fraction of sp³-hybridized carbons (Fsp3) is 0.364. The van der Waals surface area contributed by atoms with E-state index in [0.29, 0.717) is 0 Å². The van der Waals surface area contributed by atoms with Crippen LogP contribution in [-0.4, -0.2) is 30.9 Å². The van der Waals surface area contributed by atoms with E-state index >= 15 is 0 Å². The molecule has 0 radical (unpaired) electrons. The van der Waals surface area contributed by atoms with Gasteiger partial charge < -0.3 is 9.47 Å². The topological polar surface area (TPSA) is 82.0 Å². The predicted molar refractivity (Wildman–Crippen MR) is 58.6 cm³/mol. The van der Waals surface area contributed by atoms with E-state index in [2.05, 4.69) is 4.99 Å². The van der Waals surface area contributed by atoms with Gasteiger partial charge in [-0.1, -0.05) is 12.2 Å². The molecule has 0 saturated heterocycles. The Balaban J connectivity index is 4.46. The van der Waals surface area contributed by atoms with Crippen LogP contribution in [0.25, 0.3) is 0 Å². The van der Waals surface area contributed by atoms with Gasteiger partial charge in [0.05, 0.1) is 0 Å². The summed E-state index contributed by atoms with van der Waals surface area (Å²) in [5.74, 6) is -1.38. The van der Waals surface area contributed by atoms with Crippen molar-refractivity contribution in [3.8, 4) is 0 Å². The fourth-order valence-corrected chi connectivity index (χ4v) is 0.820. The number of carbonyl (C=O) groups is 2. The Bertz CT molecular complexity index is 340. The number of nitrogens with zero attached hydrogens (tertiary/aromatic N) is 1. The SMILES string of the molecule is CC=CC(=O)OC(CN=C=O)OC(=O)C=CC. The summed E-state index contributed by atoms with van der Waals surface area (Å²) in [5, 5.41) is 0. The molecule has 0 aliphatic heterocycles. The van der Waals surface area contributed by atoms with E-state index < -0.39 is 18.2 Å². The molecular formula is C11H13NO5. The van der Waals surface area contributed by atoms with Gasteiger partial charge in [0.1, 0.15) is 6.54 Å². The minimum Gasteiger partial charge on any atom is -0.420 e. The van der Waals surface area contributed by atoms with Gasteiger partial charge in [0.15, 0.2) is 0 Å². The molecule has 0 amide bonds. The molecule has 6 heteroatoms. The Morgan fingerprint density at radius 3 is 2.00 bits per heavy atom. The summed E-state index contributed by atoms with van der Waals surface area (Å²) < 4.78 is 9.47. The predicted octanol–water partition coefficient (Wildman–Crippen LogP) is 0.887. The number of rotatable bonds is 6. The van der Waals surface area contributed by atoms with Crippen molar-refractivity contribution in [2.75, 3.05) is 6.54 Å². The van der Waals surface area contributed by atoms with Crippen LogP contribution < -0.4 is 0 Å². The van der Waals surface area contributed by atoms with E-state index in [4.69, 9.17) is 9.47 Å². The maximum Gasteiger partial charge on any atom is 0.333 e. The number of ether oxygens (including phenoxy) is 2. The lowest BCUT2D eigenvalue weighted by Gasteiger charge is -2.13. The van der Waals surface area contributed by atoms with Gasteiger partial charge in [0, 0.05) is 12.2 Å². The third kappa shape index (κ3) is 7.70. The average molecular weight is 239 g/mol. The van der Waals surface area contributed by atoms with Crippen LogP contribution in [0.15, 0.2) is 29.3 Å². The second-order valence-corrected chi connectivity index (χ2v) is 2.74. The molecule has 0 aromatic carbocycles. The minimum absolute atomic E-state index is 0.282. The first-order chi connectivity index (χ1) is 8.13. The molecule has 0 N–H and O–H groups in total. The maximum atomic E-state index is 11.1. The van der Waals surface area contributed by atoms with Crippen LogP contribution in [0.2, 0.25) is 0 Å². The quantitative estimate of drug-likeness (QED) is 0.226. The summed E-state index contributed by atoms with van der Waals surface area (Å²) in [7, 11) is 0. The smallest absolute Gasteiger partial charge is 0.333 e. The van der Waals surface area contributed by atoms with Crippen LogP contribution in [-0.2, 0) is 23.9 Å². The summed E-state index contributed by atoms with van der Waals surface area (Å²) in [6.45, 7) is 2.98. The monoisotopic (exact) mass is 239 g/mol. The Hall–Kier alpha value is -2.20. The molecule has 0 fully saturated rings. The molecule has 0 heterocycles. The van der Waals surface area contributed by atoms with Crippen molar-refractivity contribution in [2.24, 2.45) is 4.99 Å². The maximum absolute atomic E-state index is 11.1. The number of hydrogen-bond donors (Lipinski definition) is 0. The average Bonchev–Trinajstić information content (AvgIpc) is 2.26. The highest BCUT2D eigenvalue weighted by molar-refractivity contribution is 5.83. The van der Waals surface area contributed by atoms with Crippen molar-refractivity contribution in [2.45, 2.75) is 20.1 Å². The van der Waals surface area contributed by atoms with Gasteiger partial charge >= 0.3 is 11.9 Å². The molecule has 0 rings (SSSR count). The molecule has 0 saturated carbocycles. The third-order valence-corrected chi connectivity index (χ3v) is 1.41. The van der Waals surface area contributed by atoms with Crippen LogP contribution in [0.3, 0.4) is 0 Å². The zero-order valence-electron chi connectivity index (χ0n) is 9.58. The van der Waals surface area contributed by atoms with Crippen molar-refractivity contribution in [3.05, 3.63) is 24.3 Å². The standard InChI is InChI=1S/C11H13NO5/c1-3-5-9(14)16-11(7-12-8-13)17-10(15)6-4-2/h3-6,11H,7H2,1-2H3. The Labute approximate surface area is 98.6 Å². The minimum atomic E-state index is -1.23. The summed E-state index contributed by atoms with van der Waals surface area (Å²) in [5.41, 5.74) is 0. The Kier molecular flexibility index (Phi) is 7.88. The first-order valence-electron chi connectivity index (χ1n) is 4.84. The largest absolute Gasteiger partial charge is 0.420 e. The lowest BCUT2D eigenvalue weighted by atomic mass is 10.5. The highest BCUT2D eigenvalue weighted by Crippen LogP contribution is 1.99. The van der Waals surface area contributed by atoms with Gasteiger partial charge in [0.25, 0.3) is 6.29 Å². The van der Waals surface area contributed by atoms with Crippen molar-refractivity contribution >= 4 is 18.0 Å². The van der Waals surface area contributed by atoms with E-state index in [9.17, 15) is 14.4 Å². The summed E-state index contributed by atoms with van der Waals surface area (Å²) in [4.78, 5) is 35.3. The van der Waals surface area contributed by atoms with Crippen LogP contribution >= 0.6 is 0 Å². The molecule has 0 atom stereocenters. The van der Waals surface area contributed by atoms with Gasteiger partial charge in [-0.3, -0.25) is 0 Å². The zero-order chi connectivity index (χ0) is 13.1. The second kappa shape index (κ2) is 9.06. The summed E-state index contributed by atoms with van der Waals surface area (Å²) in [6, 6.07) is 0. The van der Waals surface area contributed by atoms with E-state index in [-0.39, 0.29) is 6.54 Å². The zero-order valence-corrected chi connectivity index (χ0v) is 9.58. The molecule has 0 aromatic heterocycles. The van der Waals surface area contributed by atoms with Gasteiger partial charge in [-0.05, 0) is 13.8 Å². The molecule has 0 unspecified atom stereocenters. The lowest BCUT2D eigenvalue weighted by molar-refractivity contribution is -0.178. The van der Waals surface area contributed by atoms with Crippen LogP contribution in [0, 0.1) is 0 Å². The van der Waals surface area contributed by atoms with Crippen molar-refractivity contribution in [1.29, 1.82) is 0 Å². The van der Waals surface area contributed by atoms with E-state index in [1.54, 1.807) is 13.8 Å². The molecular weight excluding hydrogens is 226 g/mol.